The van der Waals surface area contributed by atoms with Crippen molar-refractivity contribution in [2.75, 3.05) is 6.54 Å². The molecule has 7 nitrogen and oxygen atoms in total. The van der Waals surface area contributed by atoms with Crippen molar-refractivity contribution in [3.8, 4) is 0 Å². The fourth-order valence-corrected chi connectivity index (χ4v) is 8.24. The number of carbonyl (C=O) groups is 2. The monoisotopic (exact) mass is 500 g/mol. The fourth-order valence-electron chi connectivity index (χ4n) is 8.24. The minimum atomic E-state index is -0.810. The van der Waals surface area contributed by atoms with Crippen molar-refractivity contribution in [1.82, 2.24) is 15.5 Å². The maximum atomic E-state index is 14.3. The van der Waals surface area contributed by atoms with E-state index in [1.54, 1.807) is 0 Å². The number of primary amides is 1. The maximum Gasteiger partial charge on any atom is 0.404 e. The van der Waals surface area contributed by atoms with Gasteiger partial charge in [-0.05, 0) is 74.8 Å². The molecule has 7 rings (SSSR count). The van der Waals surface area contributed by atoms with Crippen molar-refractivity contribution in [3.63, 3.8) is 0 Å². The Hall–Kier alpha value is -3.35. The SMILES string of the molecule is CC(Cc1[nH]nc2ccccc12)(C(=O)NCCc1ccccc1)C12CC3CC(CC(C3)C1OC(N)=O)C2. The molecule has 2 amide bonds. The van der Waals surface area contributed by atoms with Crippen molar-refractivity contribution in [2.24, 2.45) is 34.3 Å². The number of nitrogens with two attached hydrogens (primary N) is 1. The van der Waals surface area contributed by atoms with Crippen LogP contribution in [-0.4, -0.2) is 34.8 Å². The van der Waals surface area contributed by atoms with Gasteiger partial charge in [-0.3, -0.25) is 9.89 Å². The predicted octanol–water partition coefficient (Wildman–Crippen LogP) is 4.76. The quantitative estimate of drug-likeness (QED) is 0.414. The molecule has 4 aliphatic carbocycles. The lowest BCUT2D eigenvalue weighted by Crippen LogP contribution is -2.67. The van der Waals surface area contributed by atoms with E-state index < -0.39 is 16.9 Å². The third kappa shape index (κ3) is 4.09. The van der Waals surface area contributed by atoms with Gasteiger partial charge in [0.25, 0.3) is 0 Å². The molecule has 4 fully saturated rings. The Balaban J connectivity index is 1.38. The Morgan fingerprint density at radius 3 is 2.51 bits per heavy atom. The van der Waals surface area contributed by atoms with Gasteiger partial charge in [0.05, 0.1) is 10.9 Å². The normalized spacial score (nSPS) is 29.6. The molecule has 37 heavy (non-hydrogen) atoms. The molecule has 4 N–H and O–H groups in total. The minimum absolute atomic E-state index is 0.0159. The van der Waals surface area contributed by atoms with Gasteiger partial charge in [-0.15, -0.1) is 0 Å². The first-order valence-electron chi connectivity index (χ1n) is 13.6. The highest BCUT2D eigenvalue weighted by Crippen LogP contribution is 2.67. The van der Waals surface area contributed by atoms with E-state index in [9.17, 15) is 9.59 Å². The fraction of sp³-hybridized carbons (Fsp3) is 0.500. The molecule has 4 unspecified atom stereocenters. The number of hydrogen-bond donors (Lipinski definition) is 3. The van der Waals surface area contributed by atoms with Crippen LogP contribution in [-0.2, 0) is 22.4 Å². The standard InChI is InChI=1S/C30H36N4O3/c1-29(18-25-23-9-5-6-10-24(23)33-34-25,27(35)32-12-11-19-7-3-2-4-8-19)30-16-20-13-21(17-30)15-22(14-20)26(30)37-28(31)36/h2-10,20-22,26H,11-18H2,1H3,(H2,31,36)(H,32,35)(H,33,34). The molecule has 2 aromatic carbocycles. The van der Waals surface area contributed by atoms with E-state index >= 15 is 0 Å². The van der Waals surface area contributed by atoms with Gasteiger partial charge in [0, 0.05) is 29.5 Å². The zero-order chi connectivity index (χ0) is 25.6. The van der Waals surface area contributed by atoms with Crippen LogP contribution in [0.2, 0.25) is 0 Å². The molecular formula is C30H36N4O3. The van der Waals surface area contributed by atoms with E-state index in [-0.39, 0.29) is 17.9 Å². The average molecular weight is 501 g/mol. The highest BCUT2D eigenvalue weighted by molar-refractivity contribution is 5.86. The zero-order valence-electron chi connectivity index (χ0n) is 21.4. The molecule has 4 atom stereocenters. The molecule has 1 aromatic heterocycles. The van der Waals surface area contributed by atoms with Gasteiger partial charge in [-0.25, -0.2) is 4.79 Å². The van der Waals surface area contributed by atoms with Crippen LogP contribution in [0.25, 0.3) is 10.9 Å². The van der Waals surface area contributed by atoms with Crippen LogP contribution in [0.4, 0.5) is 4.79 Å². The second kappa shape index (κ2) is 9.19. The number of carbonyl (C=O) groups excluding carboxylic acids is 2. The molecule has 0 aliphatic heterocycles. The number of H-pyrrole nitrogens is 1. The van der Waals surface area contributed by atoms with E-state index in [0.29, 0.717) is 24.8 Å². The summed E-state index contributed by atoms with van der Waals surface area (Å²) in [5, 5.41) is 12.1. The first-order valence-corrected chi connectivity index (χ1v) is 13.6. The van der Waals surface area contributed by atoms with Crippen molar-refractivity contribution < 1.29 is 14.3 Å². The second-order valence-electron chi connectivity index (χ2n) is 11.8. The molecule has 3 aromatic rings. The minimum Gasteiger partial charge on any atom is -0.445 e. The topological polar surface area (TPSA) is 110 Å². The molecule has 0 saturated heterocycles. The van der Waals surface area contributed by atoms with E-state index in [1.165, 1.54) is 12.0 Å². The lowest BCUT2D eigenvalue weighted by molar-refractivity contribution is -0.208. The number of nitrogens with one attached hydrogen (secondary N) is 2. The van der Waals surface area contributed by atoms with E-state index in [4.69, 9.17) is 10.5 Å². The van der Waals surface area contributed by atoms with Crippen LogP contribution >= 0.6 is 0 Å². The summed E-state index contributed by atoms with van der Waals surface area (Å²) in [4.78, 5) is 26.5. The Bertz CT molecular complexity index is 1290. The largest absolute Gasteiger partial charge is 0.445 e. The number of amides is 2. The number of fused-ring (bicyclic) bond motifs is 1. The van der Waals surface area contributed by atoms with Crippen LogP contribution in [0.1, 0.15) is 50.3 Å². The highest BCUT2D eigenvalue weighted by atomic mass is 16.6. The molecule has 4 saturated carbocycles. The third-order valence-corrected chi connectivity index (χ3v) is 9.67. The summed E-state index contributed by atoms with van der Waals surface area (Å²) in [7, 11) is 0. The summed E-state index contributed by atoms with van der Waals surface area (Å²) in [6.07, 6.45) is 5.24. The molecule has 194 valence electrons. The third-order valence-electron chi connectivity index (χ3n) is 9.67. The summed E-state index contributed by atoms with van der Waals surface area (Å²) in [6.45, 7) is 2.64. The summed E-state index contributed by atoms with van der Waals surface area (Å²) in [6, 6.07) is 18.2. The van der Waals surface area contributed by atoms with E-state index in [1.807, 2.05) is 36.4 Å². The zero-order valence-corrected chi connectivity index (χ0v) is 21.4. The summed E-state index contributed by atoms with van der Waals surface area (Å²) in [5.41, 5.74) is 7.37. The van der Waals surface area contributed by atoms with Crippen molar-refractivity contribution in [2.45, 2.75) is 58.0 Å². The van der Waals surface area contributed by atoms with Crippen LogP contribution in [0, 0.1) is 28.6 Å². The molecule has 1 heterocycles. The summed E-state index contributed by atoms with van der Waals surface area (Å²) < 4.78 is 5.94. The van der Waals surface area contributed by atoms with Crippen LogP contribution in [0.15, 0.2) is 54.6 Å². The number of hydrogen-bond acceptors (Lipinski definition) is 4. The molecule has 4 bridgehead atoms. The van der Waals surface area contributed by atoms with Gasteiger partial charge in [0.1, 0.15) is 6.10 Å². The van der Waals surface area contributed by atoms with Crippen molar-refractivity contribution >= 4 is 22.9 Å². The first kappa shape index (κ1) is 24.0. The smallest absolute Gasteiger partial charge is 0.404 e. The summed E-state index contributed by atoms with van der Waals surface area (Å²) in [5.74, 6) is 1.39. The van der Waals surface area contributed by atoms with Crippen LogP contribution in [0.3, 0.4) is 0 Å². The highest BCUT2D eigenvalue weighted by Gasteiger charge is 2.67. The van der Waals surface area contributed by atoms with Gasteiger partial charge in [0.2, 0.25) is 5.91 Å². The molecule has 0 spiro atoms. The van der Waals surface area contributed by atoms with E-state index in [2.05, 4.69) is 40.6 Å². The molecule has 0 radical (unpaired) electrons. The molecular weight excluding hydrogens is 464 g/mol. The molecule has 4 aliphatic rings. The Morgan fingerprint density at radius 1 is 1.08 bits per heavy atom. The van der Waals surface area contributed by atoms with Crippen LogP contribution < -0.4 is 11.1 Å². The van der Waals surface area contributed by atoms with Crippen molar-refractivity contribution in [3.05, 3.63) is 65.9 Å². The lowest BCUT2D eigenvalue weighted by atomic mass is 9.40. The molecule has 7 heteroatoms. The Kier molecular flexibility index (Phi) is 5.97. The van der Waals surface area contributed by atoms with E-state index in [0.717, 1.165) is 48.7 Å². The van der Waals surface area contributed by atoms with Gasteiger partial charge >= 0.3 is 6.09 Å². The van der Waals surface area contributed by atoms with Gasteiger partial charge in [0.15, 0.2) is 0 Å². The maximum absolute atomic E-state index is 14.3. The Labute approximate surface area is 217 Å². The number of ether oxygens (including phenoxy) is 1. The Morgan fingerprint density at radius 2 is 1.78 bits per heavy atom. The second-order valence-corrected chi connectivity index (χ2v) is 11.8. The number of benzene rings is 2. The van der Waals surface area contributed by atoms with Gasteiger partial charge in [-0.2, -0.15) is 5.10 Å². The predicted molar refractivity (Wildman–Crippen MR) is 142 cm³/mol. The summed E-state index contributed by atoms with van der Waals surface area (Å²) >= 11 is 0. The number of aromatic nitrogens is 2. The van der Waals surface area contributed by atoms with Crippen LogP contribution in [0.5, 0.6) is 0 Å². The number of nitrogens with zero attached hydrogens (tertiary/aromatic N) is 1. The van der Waals surface area contributed by atoms with Crippen molar-refractivity contribution in [1.29, 1.82) is 0 Å². The number of rotatable bonds is 8. The number of aromatic amines is 1. The van der Waals surface area contributed by atoms with Gasteiger partial charge in [-0.1, -0.05) is 48.5 Å². The van der Waals surface area contributed by atoms with Gasteiger partial charge < -0.3 is 15.8 Å². The lowest BCUT2D eigenvalue weighted by Gasteiger charge is -2.65. The number of para-hydroxylation sites is 1. The first-order chi connectivity index (χ1) is 17.9. The average Bonchev–Trinajstić information content (AvgIpc) is 3.28.